The van der Waals surface area contributed by atoms with Crippen LogP contribution in [-0.2, 0) is 19.1 Å². The summed E-state index contributed by atoms with van der Waals surface area (Å²) in [6.07, 6.45) is 6.09. The second-order valence-electron chi connectivity index (χ2n) is 3.36. The van der Waals surface area contributed by atoms with Gasteiger partial charge < -0.3 is 14.3 Å². The quantitative estimate of drug-likeness (QED) is 0.233. The van der Waals surface area contributed by atoms with Gasteiger partial charge in [-0.3, -0.25) is 0 Å². The minimum Gasteiger partial charge on any atom is -0.459 e. The maximum absolute atomic E-state index is 10.7. The molecule has 0 aromatic heterocycles. The van der Waals surface area contributed by atoms with Gasteiger partial charge in [0.25, 0.3) is 0 Å². The van der Waals surface area contributed by atoms with Gasteiger partial charge in [-0.2, -0.15) is 0 Å². The molecule has 0 fully saturated rings. The highest BCUT2D eigenvalue weighted by Gasteiger charge is 2.16. The van der Waals surface area contributed by atoms with E-state index >= 15 is 0 Å². The van der Waals surface area contributed by atoms with E-state index < -0.39 is 5.97 Å². The lowest BCUT2D eigenvalue weighted by atomic mass is 10.1. The van der Waals surface area contributed by atoms with E-state index in [0.717, 1.165) is 12.7 Å². The van der Waals surface area contributed by atoms with E-state index in [-0.39, 0.29) is 12.2 Å². The van der Waals surface area contributed by atoms with Gasteiger partial charge in [-0.25, -0.2) is 4.79 Å². The van der Waals surface area contributed by atoms with Crippen LogP contribution in [0.1, 0.15) is 19.3 Å². The van der Waals surface area contributed by atoms with E-state index in [2.05, 4.69) is 16.6 Å². The Morgan fingerprint density at radius 1 is 1.69 bits per heavy atom. The Balaban J connectivity index is 2.39. The molecule has 4 heteroatoms. The number of rotatable bonds is 3. The van der Waals surface area contributed by atoms with Crippen LogP contribution in [0.5, 0.6) is 0 Å². The number of hydrogen-bond acceptors (Lipinski definition) is 4. The van der Waals surface area contributed by atoms with Gasteiger partial charge in [0.05, 0.1) is 19.3 Å². The summed E-state index contributed by atoms with van der Waals surface area (Å²) in [5, 5.41) is 0. The minimum atomic E-state index is -0.552. The van der Waals surface area contributed by atoms with Crippen molar-refractivity contribution in [1.29, 1.82) is 0 Å². The van der Waals surface area contributed by atoms with Crippen LogP contribution in [0.25, 0.3) is 0 Å². The monoisotopic (exact) mass is 222 g/mol. The molecule has 0 saturated heterocycles. The average molecular weight is 222 g/mol. The average Bonchev–Trinajstić information content (AvgIpc) is 2.30. The van der Waals surface area contributed by atoms with Gasteiger partial charge in [0.2, 0.25) is 0 Å². The van der Waals surface area contributed by atoms with Crippen LogP contribution >= 0.6 is 0 Å². The van der Waals surface area contributed by atoms with Gasteiger partial charge in [-0.05, 0) is 6.42 Å². The van der Waals surface area contributed by atoms with E-state index in [1.165, 1.54) is 7.11 Å². The second kappa shape index (κ2) is 6.81. The minimum absolute atomic E-state index is 0.0626. The second-order valence-corrected chi connectivity index (χ2v) is 3.36. The van der Waals surface area contributed by atoms with Gasteiger partial charge in [0.1, 0.15) is 6.29 Å². The molecule has 0 radical (unpaired) electrons. The normalized spacial score (nSPS) is 23.1. The molecule has 0 aromatic carbocycles. The number of carbonyl (C=O) groups is 2. The molecular weight excluding hydrogens is 208 g/mol. The summed E-state index contributed by atoms with van der Waals surface area (Å²) < 4.78 is 9.95. The summed E-state index contributed by atoms with van der Waals surface area (Å²) in [5.74, 6) is 4.46. The first-order valence-electron chi connectivity index (χ1n) is 5.09. The first-order chi connectivity index (χ1) is 7.76. The maximum atomic E-state index is 10.7. The molecule has 0 saturated carbocycles. The molecule has 0 spiro atoms. The van der Waals surface area contributed by atoms with Crippen molar-refractivity contribution < 1.29 is 19.1 Å². The molecule has 4 nitrogen and oxygen atoms in total. The van der Waals surface area contributed by atoms with Crippen molar-refractivity contribution in [1.82, 2.24) is 0 Å². The Labute approximate surface area is 94.6 Å². The molecule has 1 heterocycles. The van der Waals surface area contributed by atoms with Gasteiger partial charge in [-0.15, -0.1) is 0 Å². The number of methoxy groups -OCH3 is 1. The topological polar surface area (TPSA) is 52.6 Å². The molecule has 86 valence electrons. The number of ether oxygens (including phenoxy) is 2. The van der Waals surface area contributed by atoms with E-state index in [0.29, 0.717) is 12.8 Å². The van der Waals surface area contributed by atoms with Crippen molar-refractivity contribution in [3.05, 3.63) is 12.2 Å². The van der Waals surface area contributed by atoms with E-state index in [4.69, 9.17) is 4.74 Å². The zero-order valence-corrected chi connectivity index (χ0v) is 9.14. The molecule has 0 unspecified atom stereocenters. The summed E-state index contributed by atoms with van der Waals surface area (Å²) in [5.41, 5.74) is 0. The summed E-state index contributed by atoms with van der Waals surface area (Å²) in [4.78, 5) is 21.0. The zero-order valence-electron chi connectivity index (χ0n) is 9.14. The molecule has 1 rings (SSSR count). The van der Waals surface area contributed by atoms with Crippen molar-refractivity contribution in [3.63, 3.8) is 0 Å². The predicted molar refractivity (Wildman–Crippen MR) is 57.5 cm³/mol. The summed E-state index contributed by atoms with van der Waals surface area (Å²) in [6, 6.07) is 0. The standard InChI is InChI=1S/C12H14O4/c1-15-12(14)7-3-6-10-4-2-5-11(16-10)8-9-13/h2,4,9-11H,5-6,8H2,1H3/t10-,11-/m0/s1. The Hall–Kier alpha value is -1.60. The molecule has 0 amide bonds. The Morgan fingerprint density at radius 3 is 3.19 bits per heavy atom. The van der Waals surface area contributed by atoms with Gasteiger partial charge >= 0.3 is 5.97 Å². The molecule has 1 aliphatic rings. The van der Waals surface area contributed by atoms with Crippen molar-refractivity contribution in [3.8, 4) is 11.8 Å². The highest BCUT2D eigenvalue weighted by atomic mass is 16.5. The van der Waals surface area contributed by atoms with Crippen LogP contribution < -0.4 is 0 Å². The molecule has 16 heavy (non-hydrogen) atoms. The SMILES string of the molecule is COC(=O)C#CC[C@@H]1C=CC[C@@H](CC=O)O1. The number of aldehydes is 1. The van der Waals surface area contributed by atoms with Crippen LogP contribution in [0.4, 0.5) is 0 Å². The van der Waals surface area contributed by atoms with Crippen molar-refractivity contribution >= 4 is 12.3 Å². The Bertz CT molecular complexity index is 335. The van der Waals surface area contributed by atoms with Crippen molar-refractivity contribution in [2.45, 2.75) is 31.5 Å². The molecule has 0 bridgehead atoms. The van der Waals surface area contributed by atoms with Crippen LogP contribution in [0.2, 0.25) is 0 Å². The lowest BCUT2D eigenvalue weighted by Gasteiger charge is -2.23. The number of carbonyl (C=O) groups excluding carboxylic acids is 2. The Kier molecular flexibility index (Phi) is 5.30. The van der Waals surface area contributed by atoms with Crippen LogP contribution in [0, 0.1) is 11.8 Å². The number of esters is 1. The Morgan fingerprint density at radius 2 is 2.50 bits per heavy atom. The fraction of sp³-hybridized carbons (Fsp3) is 0.500. The van der Waals surface area contributed by atoms with Gasteiger partial charge in [0, 0.05) is 18.8 Å². The molecule has 0 aliphatic carbocycles. The van der Waals surface area contributed by atoms with E-state index in [1.807, 2.05) is 12.2 Å². The third-order valence-electron chi connectivity index (χ3n) is 2.16. The van der Waals surface area contributed by atoms with Crippen LogP contribution in [0.3, 0.4) is 0 Å². The first-order valence-corrected chi connectivity index (χ1v) is 5.09. The molecule has 0 aromatic rings. The fourth-order valence-corrected chi connectivity index (χ4v) is 1.38. The van der Waals surface area contributed by atoms with Crippen molar-refractivity contribution in [2.75, 3.05) is 7.11 Å². The zero-order chi connectivity index (χ0) is 11.8. The molecule has 2 atom stereocenters. The molecule has 0 N–H and O–H groups in total. The maximum Gasteiger partial charge on any atom is 0.384 e. The lowest BCUT2D eigenvalue weighted by Crippen LogP contribution is -2.24. The lowest BCUT2D eigenvalue weighted by molar-refractivity contribution is -0.133. The smallest absolute Gasteiger partial charge is 0.384 e. The highest BCUT2D eigenvalue weighted by Crippen LogP contribution is 2.16. The molecule has 1 aliphatic heterocycles. The third-order valence-corrected chi connectivity index (χ3v) is 2.16. The fourth-order valence-electron chi connectivity index (χ4n) is 1.38. The predicted octanol–water partition coefficient (Wildman–Crippen LogP) is 0.856. The van der Waals surface area contributed by atoms with E-state index in [9.17, 15) is 9.59 Å². The molecular formula is C12H14O4. The largest absolute Gasteiger partial charge is 0.459 e. The van der Waals surface area contributed by atoms with Gasteiger partial charge in [0.15, 0.2) is 0 Å². The number of hydrogen-bond donors (Lipinski definition) is 0. The summed E-state index contributed by atoms with van der Waals surface area (Å²) in [6.45, 7) is 0. The first kappa shape index (κ1) is 12.5. The van der Waals surface area contributed by atoms with Gasteiger partial charge in [-0.1, -0.05) is 18.1 Å². The highest BCUT2D eigenvalue weighted by molar-refractivity contribution is 5.88. The third kappa shape index (κ3) is 4.28. The van der Waals surface area contributed by atoms with Crippen LogP contribution in [0.15, 0.2) is 12.2 Å². The summed E-state index contributed by atoms with van der Waals surface area (Å²) in [7, 11) is 1.29. The van der Waals surface area contributed by atoms with Crippen LogP contribution in [-0.4, -0.2) is 31.6 Å². The van der Waals surface area contributed by atoms with Crippen molar-refractivity contribution in [2.24, 2.45) is 0 Å². The summed E-state index contributed by atoms with van der Waals surface area (Å²) >= 11 is 0. The van der Waals surface area contributed by atoms with E-state index in [1.54, 1.807) is 0 Å².